The number of urea groups is 1. The van der Waals surface area contributed by atoms with Gasteiger partial charge in [0.25, 0.3) is 5.91 Å². The van der Waals surface area contributed by atoms with Crippen molar-refractivity contribution in [2.24, 2.45) is 0 Å². The smallest absolute Gasteiger partial charge is 0.325 e. The molecule has 1 atom stereocenters. The quantitative estimate of drug-likeness (QED) is 0.350. The van der Waals surface area contributed by atoms with Crippen molar-refractivity contribution in [3.8, 4) is 5.13 Å². The number of aromatic amines is 1. The average molecular weight is 448 g/mol. The lowest BCUT2D eigenvalue weighted by molar-refractivity contribution is -0.127. The zero-order valence-electron chi connectivity index (χ0n) is 17.6. The van der Waals surface area contributed by atoms with Crippen LogP contribution in [0, 0.1) is 13.8 Å². The normalized spacial score (nSPS) is 16.2. The molecule has 0 unspecified atom stereocenters. The molecule has 0 aliphatic carbocycles. The van der Waals surface area contributed by atoms with Crippen molar-refractivity contribution in [3.63, 3.8) is 0 Å². The summed E-state index contributed by atoms with van der Waals surface area (Å²) in [4.78, 5) is 47.0. The van der Waals surface area contributed by atoms with Crippen LogP contribution in [0.15, 0.2) is 48.1 Å². The maximum absolute atomic E-state index is 13.0. The molecule has 162 valence electrons. The Labute approximate surface area is 187 Å². The first-order chi connectivity index (χ1) is 15.4. The van der Waals surface area contributed by atoms with Gasteiger partial charge in [-0.2, -0.15) is 0 Å². The third-order valence-electron chi connectivity index (χ3n) is 5.85. The minimum absolute atomic E-state index is 0.280. The number of para-hydroxylation sites is 1. The van der Waals surface area contributed by atoms with Crippen molar-refractivity contribution in [3.05, 3.63) is 70.6 Å². The minimum Gasteiger partial charge on any atom is -0.361 e. The molecule has 1 aliphatic rings. The highest BCUT2D eigenvalue weighted by atomic mass is 32.1. The molecule has 2 N–H and O–H groups in total. The van der Waals surface area contributed by atoms with Crippen LogP contribution in [0.25, 0.3) is 16.0 Å². The highest BCUT2D eigenvalue weighted by Crippen LogP contribution is 2.24. The van der Waals surface area contributed by atoms with Crippen molar-refractivity contribution in [2.75, 3.05) is 6.54 Å². The van der Waals surface area contributed by atoms with Crippen molar-refractivity contribution >= 4 is 40.0 Å². The highest BCUT2D eigenvalue weighted by Gasteiger charge is 2.39. The molecule has 32 heavy (non-hydrogen) atoms. The summed E-state index contributed by atoms with van der Waals surface area (Å²) < 4.78 is 1.91. The Hall–Kier alpha value is -3.72. The Morgan fingerprint density at radius 2 is 2.03 bits per heavy atom. The second kappa shape index (κ2) is 7.76. The number of benzene rings is 1. The van der Waals surface area contributed by atoms with Gasteiger partial charge in [0.05, 0.1) is 6.54 Å². The molecule has 0 saturated carbocycles. The number of imide groups is 1. The SMILES string of the molecule is Cc1cc(C(=O)CN2C(=O)N[C@H](Cc3c[nH]c4ccccc34)C2=O)c(C)n1-c1nccs1. The van der Waals surface area contributed by atoms with Crippen LogP contribution in [-0.2, 0) is 11.2 Å². The molecule has 0 spiro atoms. The number of Topliss-reactive ketones (excluding diaryl/α,β-unsaturated/α-hetero) is 1. The Bertz CT molecular complexity index is 1350. The van der Waals surface area contributed by atoms with Crippen LogP contribution in [0.5, 0.6) is 0 Å². The number of nitrogens with one attached hydrogen (secondary N) is 2. The molecule has 3 aromatic heterocycles. The third kappa shape index (κ3) is 3.31. The standard InChI is InChI=1S/C23H21N5O3S/c1-13-9-17(14(2)28(13)23-24-7-8-32-23)20(29)12-27-21(30)19(26-22(27)31)10-15-11-25-18-6-4-3-5-16(15)18/h3-9,11,19,25H,10,12H2,1-2H3,(H,26,31)/t19-/m1/s1. The Kier molecular flexibility index (Phi) is 4.90. The summed E-state index contributed by atoms with van der Waals surface area (Å²) in [5.74, 6) is -0.667. The van der Waals surface area contributed by atoms with Crippen LogP contribution in [-0.4, -0.2) is 49.7 Å². The molecule has 1 aromatic carbocycles. The summed E-state index contributed by atoms with van der Waals surface area (Å²) in [6.07, 6.45) is 3.92. The molecule has 5 rings (SSSR count). The van der Waals surface area contributed by atoms with E-state index in [9.17, 15) is 14.4 Å². The predicted molar refractivity (Wildman–Crippen MR) is 121 cm³/mol. The fourth-order valence-corrected chi connectivity index (χ4v) is 5.03. The van der Waals surface area contributed by atoms with Gasteiger partial charge in [0, 0.05) is 52.0 Å². The average Bonchev–Trinajstić information content (AvgIpc) is 3.54. The van der Waals surface area contributed by atoms with E-state index in [0.717, 1.165) is 37.9 Å². The molecular formula is C23H21N5O3S. The van der Waals surface area contributed by atoms with Crippen LogP contribution in [0.1, 0.15) is 27.3 Å². The van der Waals surface area contributed by atoms with Crippen LogP contribution in [0.2, 0.25) is 0 Å². The molecule has 3 amide bonds. The van der Waals surface area contributed by atoms with E-state index >= 15 is 0 Å². The monoisotopic (exact) mass is 447 g/mol. The lowest BCUT2D eigenvalue weighted by atomic mass is 10.0. The molecule has 4 heterocycles. The Morgan fingerprint density at radius 3 is 2.81 bits per heavy atom. The summed E-state index contributed by atoms with van der Waals surface area (Å²) in [6, 6.07) is 8.34. The van der Waals surface area contributed by atoms with Gasteiger partial charge < -0.3 is 10.3 Å². The number of fused-ring (bicyclic) bond motifs is 1. The zero-order chi connectivity index (χ0) is 22.4. The van der Waals surface area contributed by atoms with Crippen molar-refractivity contribution in [1.82, 2.24) is 24.8 Å². The zero-order valence-corrected chi connectivity index (χ0v) is 18.4. The van der Waals surface area contributed by atoms with E-state index in [-0.39, 0.29) is 18.2 Å². The van der Waals surface area contributed by atoms with Crippen LogP contribution < -0.4 is 5.32 Å². The van der Waals surface area contributed by atoms with Crippen molar-refractivity contribution in [2.45, 2.75) is 26.3 Å². The molecule has 4 aromatic rings. The van der Waals surface area contributed by atoms with E-state index in [4.69, 9.17) is 0 Å². The van der Waals surface area contributed by atoms with Gasteiger partial charge in [-0.05, 0) is 31.5 Å². The Morgan fingerprint density at radius 1 is 1.22 bits per heavy atom. The van der Waals surface area contributed by atoms with Gasteiger partial charge in [0.1, 0.15) is 6.04 Å². The number of aromatic nitrogens is 3. The summed E-state index contributed by atoms with van der Waals surface area (Å²) in [5, 5.41) is 6.38. The van der Waals surface area contributed by atoms with E-state index < -0.39 is 12.1 Å². The van der Waals surface area contributed by atoms with Gasteiger partial charge in [-0.15, -0.1) is 11.3 Å². The third-order valence-corrected chi connectivity index (χ3v) is 6.61. The molecule has 9 heteroatoms. The molecule has 1 aliphatic heterocycles. The summed E-state index contributed by atoms with van der Waals surface area (Å²) >= 11 is 1.48. The first-order valence-electron chi connectivity index (χ1n) is 10.2. The van der Waals surface area contributed by atoms with Crippen molar-refractivity contribution < 1.29 is 14.4 Å². The number of H-pyrrole nitrogens is 1. The predicted octanol–water partition coefficient (Wildman–Crippen LogP) is 3.38. The number of carbonyl (C=O) groups is 3. The first kappa shape index (κ1) is 20.2. The number of ketones is 1. The van der Waals surface area contributed by atoms with Gasteiger partial charge in [0.15, 0.2) is 10.9 Å². The fourth-order valence-electron chi connectivity index (χ4n) is 4.28. The molecule has 8 nitrogen and oxygen atoms in total. The summed E-state index contributed by atoms with van der Waals surface area (Å²) in [6.45, 7) is 3.45. The van der Waals surface area contributed by atoms with Crippen molar-refractivity contribution in [1.29, 1.82) is 0 Å². The number of hydrogen-bond acceptors (Lipinski definition) is 5. The molecular weight excluding hydrogens is 426 g/mol. The molecule has 1 saturated heterocycles. The van der Waals surface area contributed by atoms with E-state index in [1.165, 1.54) is 11.3 Å². The van der Waals surface area contributed by atoms with E-state index in [2.05, 4.69) is 15.3 Å². The van der Waals surface area contributed by atoms with Gasteiger partial charge in [-0.25, -0.2) is 9.78 Å². The number of thiazole rings is 1. The maximum atomic E-state index is 13.0. The van der Waals surface area contributed by atoms with Gasteiger partial charge in [-0.1, -0.05) is 18.2 Å². The number of carbonyl (C=O) groups excluding carboxylic acids is 3. The Balaban J connectivity index is 1.34. The fraction of sp³-hybridized carbons (Fsp3) is 0.217. The van der Waals surface area contributed by atoms with Crippen LogP contribution in [0.4, 0.5) is 4.79 Å². The van der Waals surface area contributed by atoms with E-state index in [1.807, 2.05) is 54.3 Å². The lowest BCUT2D eigenvalue weighted by Gasteiger charge is -2.12. The second-order valence-electron chi connectivity index (χ2n) is 7.85. The highest BCUT2D eigenvalue weighted by molar-refractivity contribution is 7.12. The van der Waals surface area contributed by atoms with Crippen LogP contribution >= 0.6 is 11.3 Å². The number of amides is 3. The van der Waals surface area contributed by atoms with E-state index in [0.29, 0.717) is 12.0 Å². The second-order valence-corrected chi connectivity index (χ2v) is 8.72. The first-order valence-corrected chi connectivity index (χ1v) is 11.1. The minimum atomic E-state index is -0.697. The number of hydrogen-bond donors (Lipinski definition) is 2. The summed E-state index contributed by atoms with van der Waals surface area (Å²) in [5.41, 5.74) is 4.01. The topological polar surface area (TPSA) is 100 Å². The maximum Gasteiger partial charge on any atom is 0.325 e. The largest absolute Gasteiger partial charge is 0.361 e. The lowest BCUT2D eigenvalue weighted by Crippen LogP contribution is -2.36. The number of rotatable bonds is 6. The number of aryl methyl sites for hydroxylation is 1. The number of nitrogens with zero attached hydrogens (tertiary/aromatic N) is 3. The molecule has 1 fully saturated rings. The van der Waals surface area contributed by atoms with Crippen LogP contribution in [0.3, 0.4) is 0 Å². The molecule has 0 radical (unpaired) electrons. The van der Waals surface area contributed by atoms with Gasteiger partial charge in [0.2, 0.25) is 0 Å². The van der Waals surface area contributed by atoms with E-state index in [1.54, 1.807) is 12.3 Å². The van der Waals surface area contributed by atoms with Gasteiger partial charge >= 0.3 is 6.03 Å². The van der Waals surface area contributed by atoms with Gasteiger partial charge in [-0.3, -0.25) is 19.1 Å². The summed E-state index contributed by atoms with van der Waals surface area (Å²) in [7, 11) is 0. The molecule has 0 bridgehead atoms.